The molecule has 0 aliphatic heterocycles. The van der Waals surface area contributed by atoms with Crippen molar-refractivity contribution in [3.8, 4) is 5.75 Å². The van der Waals surface area contributed by atoms with Gasteiger partial charge in [-0.3, -0.25) is 10.1 Å². The lowest BCUT2D eigenvalue weighted by Gasteiger charge is -2.37. The summed E-state index contributed by atoms with van der Waals surface area (Å²) in [7, 11) is -2.75. The van der Waals surface area contributed by atoms with Crippen molar-refractivity contribution in [1.29, 1.82) is 0 Å². The van der Waals surface area contributed by atoms with Gasteiger partial charge in [0.25, 0.3) is 5.69 Å². The van der Waals surface area contributed by atoms with Gasteiger partial charge in [-0.05, 0) is 55.5 Å². The van der Waals surface area contributed by atoms with Crippen LogP contribution in [0, 0.1) is 10.1 Å². The molecule has 1 heterocycles. The largest absolute Gasteiger partial charge is 0.455 e. The predicted molar refractivity (Wildman–Crippen MR) is 154 cm³/mol. The molecule has 0 bridgehead atoms. The van der Waals surface area contributed by atoms with E-state index < -0.39 is 12.2 Å². The first kappa shape index (κ1) is 24.8. The number of nitrogens with zero attached hydrogens (tertiary/aromatic N) is 3. The Morgan fingerprint density at radius 2 is 1.51 bits per heavy atom. The molecule has 1 aromatic heterocycles. The first-order valence-corrected chi connectivity index (χ1v) is 14.0. The van der Waals surface area contributed by atoms with Gasteiger partial charge in [-0.15, -0.1) is 0 Å². The van der Waals surface area contributed by atoms with Gasteiger partial charge in [0.05, 0.1) is 10.6 Å². The Morgan fingerprint density at radius 1 is 0.865 bits per heavy atom. The normalized spacial score (nSPS) is 13.4. The third kappa shape index (κ3) is 4.42. The molecule has 1 atom stereocenters. The Labute approximate surface area is 216 Å². The molecule has 6 nitrogen and oxygen atoms in total. The zero-order chi connectivity index (χ0) is 26.2. The molecule has 0 amide bonds. The van der Waals surface area contributed by atoms with Crippen LogP contribution in [0.25, 0.3) is 21.8 Å². The highest BCUT2D eigenvalue weighted by Gasteiger charge is 2.39. The molecule has 4 aromatic carbocycles. The summed E-state index contributed by atoms with van der Waals surface area (Å²) in [5, 5.41) is 14.2. The molecule has 0 N–H and O–H groups in total. The van der Waals surface area contributed by atoms with Crippen LogP contribution in [-0.4, -0.2) is 14.6 Å². The Hall–Kier alpha value is -3.89. The van der Waals surface area contributed by atoms with E-state index in [1.807, 2.05) is 30.3 Å². The van der Waals surface area contributed by atoms with E-state index in [1.165, 1.54) is 33.9 Å². The summed E-state index contributed by atoms with van der Waals surface area (Å²) in [6.07, 6.45) is 0. The predicted octanol–water partition coefficient (Wildman–Crippen LogP) is 8.67. The summed E-state index contributed by atoms with van der Waals surface area (Å²) in [6, 6.07) is 31.2. The molecule has 0 aliphatic carbocycles. The molecule has 37 heavy (non-hydrogen) atoms. The van der Waals surface area contributed by atoms with E-state index >= 15 is 0 Å². The van der Waals surface area contributed by atoms with Gasteiger partial charge in [-0.2, -0.15) is 0 Å². The second kappa shape index (κ2) is 9.53. The molecule has 0 aliphatic rings. The van der Waals surface area contributed by atoms with Gasteiger partial charge in [0, 0.05) is 50.9 Å². The summed E-state index contributed by atoms with van der Waals surface area (Å²) in [4.78, 5) is 10.8. The monoisotopic (exact) mass is 511 g/mol. The third-order valence-corrected chi connectivity index (χ3v) is 10.4. The van der Waals surface area contributed by atoms with Gasteiger partial charge in [0.2, 0.25) is 0 Å². The topological polar surface area (TPSA) is 69.7 Å². The highest BCUT2D eigenvalue weighted by atomic mass is 31.2. The second-order valence-electron chi connectivity index (χ2n) is 9.99. The van der Waals surface area contributed by atoms with Crippen molar-refractivity contribution in [1.82, 2.24) is 4.57 Å². The van der Waals surface area contributed by atoms with Crippen LogP contribution in [0.1, 0.15) is 27.7 Å². The minimum atomic E-state index is -2.75. The molecular weight excluding hydrogens is 481 g/mol. The fourth-order valence-electron chi connectivity index (χ4n) is 4.81. The van der Waals surface area contributed by atoms with E-state index in [2.05, 4.69) is 74.7 Å². The number of benzene rings is 4. The summed E-state index contributed by atoms with van der Waals surface area (Å²) in [5.41, 5.74) is 3.07. The molecule has 0 saturated carbocycles. The quantitative estimate of drug-likeness (QED) is 0.130. The maximum Gasteiger partial charge on any atom is 0.269 e. The molecule has 7 heteroatoms. The summed E-state index contributed by atoms with van der Waals surface area (Å²) < 4.78 is 14.6. The van der Waals surface area contributed by atoms with Crippen molar-refractivity contribution in [3.05, 3.63) is 107 Å². The summed E-state index contributed by atoms with van der Waals surface area (Å²) in [5.74, 6) is 0.743. The minimum absolute atomic E-state index is 0.0383. The van der Waals surface area contributed by atoms with Crippen molar-refractivity contribution in [2.45, 2.75) is 39.4 Å². The van der Waals surface area contributed by atoms with Gasteiger partial charge in [0.1, 0.15) is 5.75 Å². The van der Waals surface area contributed by atoms with Gasteiger partial charge in [0.15, 0.2) is 7.28 Å². The Kier molecular flexibility index (Phi) is 6.38. The number of nitro benzene ring substituents is 1. The number of aryl methyl sites for hydroxylation is 1. The van der Waals surface area contributed by atoms with E-state index in [0.717, 1.165) is 17.6 Å². The Bertz CT molecular complexity index is 1650. The van der Waals surface area contributed by atoms with E-state index in [1.54, 1.807) is 12.1 Å². The van der Waals surface area contributed by atoms with Crippen molar-refractivity contribution >= 4 is 45.8 Å². The number of rotatable bonds is 6. The van der Waals surface area contributed by atoms with Crippen molar-refractivity contribution in [3.63, 3.8) is 0 Å². The van der Waals surface area contributed by atoms with Gasteiger partial charge >= 0.3 is 0 Å². The van der Waals surface area contributed by atoms with E-state index in [0.29, 0.717) is 5.69 Å². The van der Waals surface area contributed by atoms with Crippen molar-refractivity contribution in [2.75, 3.05) is 0 Å². The van der Waals surface area contributed by atoms with Crippen LogP contribution >= 0.6 is 7.28 Å². The lowest BCUT2D eigenvalue weighted by Crippen LogP contribution is -2.27. The van der Waals surface area contributed by atoms with Crippen LogP contribution in [0.3, 0.4) is 0 Å². The maximum atomic E-state index is 11.2. The fraction of sp³-hybridized carbons (Fsp3) is 0.200. The number of para-hydroxylation sites is 2. The summed E-state index contributed by atoms with van der Waals surface area (Å²) >= 11 is 0. The highest BCUT2D eigenvalue weighted by Crippen LogP contribution is 2.62. The van der Waals surface area contributed by atoms with Crippen LogP contribution in [0.15, 0.2) is 102 Å². The highest BCUT2D eigenvalue weighted by molar-refractivity contribution is 7.71. The fourth-order valence-corrected chi connectivity index (χ4v) is 7.89. The number of hydrogen-bond acceptors (Lipinski definition) is 4. The van der Waals surface area contributed by atoms with E-state index in [-0.39, 0.29) is 10.8 Å². The average molecular weight is 512 g/mol. The SMILES string of the molecule is CCn1c2ccccc2c2cc([P@](=Nc3ccc([N+](=O)[O-])cc3)(Oc3ccccc3)C(C)(C)C)ccc21. The van der Waals surface area contributed by atoms with Crippen LogP contribution in [-0.2, 0) is 6.54 Å². The van der Waals surface area contributed by atoms with Crippen LogP contribution in [0.5, 0.6) is 5.75 Å². The van der Waals surface area contributed by atoms with Gasteiger partial charge < -0.3 is 9.09 Å². The standard InChI is InChI=1S/C30H30N3O3P/c1-5-32-28-14-10-9-13-26(28)27-21-25(19-20-29(27)32)37(30(2,3)4,36-24-11-7-6-8-12-24)31-22-15-17-23(18-16-22)33(34)35/h6-21H,5H2,1-4H3/t37-/m0/s1. The zero-order valence-corrected chi connectivity index (χ0v) is 22.4. The zero-order valence-electron chi connectivity index (χ0n) is 21.5. The lowest BCUT2D eigenvalue weighted by molar-refractivity contribution is -0.384. The Morgan fingerprint density at radius 3 is 2.16 bits per heavy atom. The summed E-state index contributed by atoms with van der Waals surface area (Å²) in [6.45, 7) is 9.49. The number of hydrogen-bond donors (Lipinski definition) is 0. The first-order chi connectivity index (χ1) is 17.7. The smallest absolute Gasteiger partial charge is 0.269 e. The minimum Gasteiger partial charge on any atom is -0.455 e. The molecule has 5 rings (SSSR count). The number of non-ortho nitro benzene ring substituents is 1. The third-order valence-electron chi connectivity index (χ3n) is 6.63. The maximum absolute atomic E-state index is 11.2. The number of nitro groups is 1. The van der Waals surface area contributed by atoms with Crippen molar-refractivity contribution < 1.29 is 9.45 Å². The molecule has 188 valence electrons. The molecule has 0 unspecified atom stereocenters. The first-order valence-electron chi connectivity index (χ1n) is 12.4. The average Bonchev–Trinajstić information content (AvgIpc) is 3.21. The van der Waals surface area contributed by atoms with Gasteiger partial charge in [-0.1, -0.05) is 57.2 Å². The van der Waals surface area contributed by atoms with Crippen LogP contribution in [0.4, 0.5) is 11.4 Å². The van der Waals surface area contributed by atoms with Crippen LogP contribution in [0.2, 0.25) is 0 Å². The van der Waals surface area contributed by atoms with Crippen LogP contribution < -0.4 is 9.83 Å². The lowest BCUT2D eigenvalue weighted by atomic mass is 10.1. The Balaban J connectivity index is 1.82. The molecule has 5 aromatic rings. The van der Waals surface area contributed by atoms with E-state index in [4.69, 9.17) is 9.27 Å². The second-order valence-corrected chi connectivity index (χ2v) is 13.4. The number of fused-ring (bicyclic) bond motifs is 3. The molecular formula is C30H30N3O3P. The number of aromatic nitrogens is 1. The van der Waals surface area contributed by atoms with E-state index in [9.17, 15) is 10.1 Å². The molecule has 0 saturated heterocycles. The molecule has 0 fully saturated rings. The van der Waals surface area contributed by atoms with Crippen molar-refractivity contribution in [2.24, 2.45) is 4.74 Å². The van der Waals surface area contributed by atoms with Gasteiger partial charge in [-0.25, -0.2) is 4.74 Å². The molecule has 0 spiro atoms. The molecule has 0 radical (unpaired) electrons.